The van der Waals surface area contributed by atoms with Gasteiger partial charge in [-0.2, -0.15) is 4.72 Å². The predicted molar refractivity (Wildman–Crippen MR) is 69.4 cm³/mol. The van der Waals surface area contributed by atoms with Gasteiger partial charge in [0.2, 0.25) is 10.0 Å². The van der Waals surface area contributed by atoms with Gasteiger partial charge in [-0.1, -0.05) is 0 Å². The van der Waals surface area contributed by atoms with Gasteiger partial charge in [0.1, 0.15) is 11.9 Å². The lowest BCUT2D eigenvalue weighted by atomic mass is 10.2. The van der Waals surface area contributed by atoms with Gasteiger partial charge in [-0.3, -0.25) is 9.59 Å². The molecule has 0 saturated heterocycles. The second-order valence-electron chi connectivity index (χ2n) is 4.08. The van der Waals surface area contributed by atoms with E-state index in [-0.39, 0.29) is 17.7 Å². The second-order valence-corrected chi connectivity index (χ2v) is 5.79. The predicted octanol–water partition coefficient (Wildman–Crippen LogP) is 0.510. The Kier molecular flexibility index (Phi) is 5.79. The lowest BCUT2D eigenvalue weighted by molar-refractivity contribution is -0.142. The number of ether oxygens (including phenoxy) is 1. The van der Waals surface area contributed by atoms with Gasteiger partial charge in [0.05, 0.1) is 12.0 Å². The number of nitrogens with one attached hydrogen (secondary N) is 1. The van der Waals surface area contributed by atoms with Crippen LogP contribution in [0.1, 0.15) is 12.8 Å². The van der Waals surface area contributed by atoms with E-state index in [1.807, 2.05) is 4.72 Å². The summed E-state index contributed by atoms with van der Waals surface area (Å²) >= 11 is 0. The highest BCUT2D eigenvalue weighted by Gasteiger charge is 2.26. The fourth-order valence-electron chi connectivity index (χ4n) is 1.47. The van der Waals surface area contributed by atoms with Crippen molar-refractivity contribution in [2.24, 2.45) is 0 Å². The molecule has 0 heterocycles. The molecule has 2 N–H and O–H groups in total. The molecule has 0 fully saturated rings. The SMILES string of the molecule is COC(=O)CCC(NS(=O)(=O)c1ccc(F)cc1)C(=O)O. The van der Waals surface area contributed by atoms with E-state index in [0.29, 0.717) is 0 Å². The van der Waals surface area contributed by atoms with Crippen molar-refractivity contribution >= 4 is 22.0 Å². The number of rotatable bonds is 7. The lowest BCUT2D eigenvalue weighted by Gasteiger charge is -2.14. The fourth-order valence-corrected chi connectivity index (χ4v) is 2.69. The van der Waals surface area contributed by atoms with E-state index in [2.05, 4.69) is 4.74 Å². The maximum absolute atomic E-state index is 12.8. The van der Waals surface area contributed by atoms with Crippen LogP contribution in [0.4, 0.5) is 4.39 Å². The van der Waals surface area contributed by atoms with Crippen LogP contribution in [0.2, 0.25) is 0 Å². The Morgan fingerprint density at radius 1 is 1.33 bits per heavy atom. The first-order valence-electron chi connectivity index (χ1n) is 5.84. The Balaban J connectivity index is 2.84. The maximum Gasteiger partial charge on any atom is 0.321 e. The van der Waals surface area contributed by atoms with Crippen molar-refractivity contribution in [2.45, 2.75) is 23.8 Å². The average Bonchev–Trinajstić information content (AvgIpc) is 2.43. The van der Waals surface area contributed by atoms with Gasteiger partial charge in [-0.25, -0.2) is 12.8 Å². The quantitative estimate of drug-likeness (QED) is 0.709. The van der Waals surface area contributed by atoms with Crippen LogP contribution in [0, 0.1) is 5.82 Å². The molecular formula is C12H14FNO6S. The molecule has 0 amide bonds. The molecule has 1 aromatic carbocycles. The minimum Gasteiger partial charge on any atom is -0.480 e. The van der Waals surface area contributed by atoms with Gasteiger partial charge in [0.25, 0.3) is 0 Å². The largest absolute Gasteiger partial charge is 0.480 e. The van der Waals surface area contributed by atoms with Crippen LogP contribution in [-0.2, 0) is 24.3 Å². The Morgan fingerprint density at radius 2 is 1.90 bits per heavy atom. The highest BCUT2D eigenvalue weighted by Crippen LogP contribution is 2.12. The number of sulfonamides is 1. The Bertz CT molecular complexity index is 613. The van der Waals surface area contributed by atoms with Crippen molar-refractivity contribution in [3.63, 3.8) is 0 Å². The summed E-state index contributed by atoms with van der Waals surface area (Å²) in [6, 6.07) is 2.42. The van der Waals surface area contributed by atoms with Gasteiger partial charge in [-0.05, 0) is 30.7 Å². The van der Waals surface area contributed by atoms with Crippen molar-refractivity contribution in [1.29, 1.82) is 0 Å². The third kappa shape index (κ3) is 5.12. The van der Waals surface area contributed by atoms with Crippen molar-refractivity contribution in [1.82, 2.24) is 4.72 Å². The Morgan fingerprint density at radius 3 is 2.38 bits per heavy atom. The summed E-state index contributed by atoms with van der Waals surface area (Å²) < 4.78 is 43.0. The zero-order valence-corrected chi connectivity index (χ0v) is 11.9. The van der Waals surface area contributed by atoms with Crippen LogP contribution in [0.25, 0.3) is 0 Å². The van der Waals surface area contributed by atoms with Crippen LogP contribution < -0.4 is 4.72 Å². The first-order chi connectivity index (χ1) is 9.76. The van der Waals surface area contributed by atoms with E-state index >= 15 is 0 Å². The number of methoxy groups -OCH3 is 1. The van der Waals surface area contributed by atoms with Crippen molar-refractivity contribution in [2.75, 3.05) is 7.11 Å². The molecule has 0 aliphatic heterocycles. The normalized spacial score (nSPS) is 12.7. The van der Waals surface area contributed by atoms with E-state index in [1.54, 1.807) is 0 Å². The Hall–Kier alpha value is -2.00. The molecule has 0 saturated carbocycles. The molecule has 0 aliphatic carbocycles. The van der Waals surface area contributed by atoms with Crippen LogP contribution in [0.15, 0.2) is 29.2 Å². The first kappa shape index (κ1) is 17.1. The van der Waals surface area contributed by atoms with Crippen molar-refractivity contribution < 1.29 is 32.2 Å². The summed E-state index contributed by atoms with van der Waals surface area (Å²) in [4.78, 5) is 21.7. The molecule has 9 heteroatoms. The number of carboxylic acids is 1. The molecular weight excluding hydrogens is 305 g/mol. The second kappa shape index (κ2) is 7.14. The molecule has 0 spiro atoms. The summed E-state index contributed by atoms with van der Waals surface area (Å²) in [6.45, 7) is 0. The summed E-state index contributed by atoms with van der Waals surface area (Å²) in [5.41, 5.74) is 0. The number of benzene rings is 1. The standard InChI is InChI=1S/C12H14FNO6S/c1-20-11(15)7-6-10(12(16)17)14-21(18,19)9-4-2-8(13)3-5-9/h2-5,10,14H,6-7H2,1H3,(H,16,17). The van der Waals surface area contributed by atoms with E-state index in [9.17, 15) is 22.4 Å². The summed E-state index contributed by atoms with van der Waals surface area (Å²) in [5, 5.41) is 8.97. The first-order valence-corrected chi connectivity index (χ1v) is 7.32. The average molecular weight is 319 g/mol. The maximum atomic E-state index is 12.8. The smallest absolute Gasteiger partial charge is 0.321 e. The monoisotopic (exact) mass is 319 g/mol. The molecule has 1 rings (SSSR count). The van der Waals surface area contributed by atoms with E-state index in [1.165, 1.54) is 0 Å². The van der Waals surface area contributed by atoms with Gasteiger partial charge in [-0.15, -0.1) is 0 Å². The number of halogens is 1. The molecule has 21 heavy (non-hydrogen) atoms. The number of carboxylic acid groups (broad SMARTS) is 1. The molecule has 1 unspecified atom stereocenters. The number of hydrogen-bond donors (Lipinski definition) is 2. The molecule has 0 aliphatic rings. The van der Waals surface area contributed by atoms with Crippen LogP contribution in [0.5, 0.6) is 0 Å². The molecule has 7 nitrogen and oxygen atoms in total. The number of hydrogen-bond acceptors (Lipinski definition) is 5. The molecule has 116 valence electrons. The molecule has 0 radical (unpaired) electrons. The molecule has 0 aromatic heterocycles. The van der Waals surface area contributed by atoms with Crippen molar-refractivity contribution in [3.05, 3.63) is 30.1 Å². The third-order valence-corrected chi connectivity index (χ3v) is 4.07. The third-order valence-electron chi connectivity index (χ3n) is 2.58. The number of carbonyl (C=O) groups is 2. The molecule has 1 atom stereocenters. The number of esters is 1. The summed E-state index contributed by atoms with van der Waals surface area (Å²) in [6.07, 6.45) is -0.512. The Labute approximate surface area is 120 Å². The zero-order chi connectivity index (χ0) is 16.0. The molecule has 1 aromatic rings. The fraction of sp³-hybridized carbons (Fsp3) is 0.333. The minimum absolute atomic E-state index is 0.251. The van der Waals surface area contributed by atoms with E-state index in [4.69, 9.17) is 5.11 Å². The highest BCUT2D eigenvalue weighted by molar-refractivity contribution is 7.89. The topological polar surface area (TPSA) is 110 Å². The van der Waals surface area contributed by atoms with Crippen molar-refractivity contribution in [3.8, 4) is 0 Å². The van der Waals surface area contributed by atoms with Crippen LogP contribution in [-0.4, -0.2) is 38.6 Å². The summed E-state index contributed by atoms with van der Waals surface area (Å²) in [7, 11) is -2.99. The van der Waals surface area contributed by atoms with Gasteiger partial charge in [0, 0.05) is 6.42 Å². The van der Waals surface area contributed by atoms with Gasteiger partial charge < -0.3 is 9.84 Å². The minimum atomic E-state index is -4.13. The van der Waals surface area contributed by atoms with Crippen LogP contribution in [0.3, 0.4) is 0 Å². The number of carbonyl (C=O) groups excluding carboxylic acids is 1. The number of aliphatic carboxylic acids is 1. The van der Waals surface area contributed by atoms with E-state index in [0.717, 1.165) is 31.4 Å². The summed E-state index contributed by atoms with van der Waals surface area (Å²) in [5.74, 6) is -2.69. The zero-order valence-electron chi connectivity index (χ0n) is 11.1. The van der Waals surface area contributed by atoms with Gasteiger partial charge in [0.15, 0.2) is 0 Å². The molecule has 0 bridgehead atoms. The van der Waals surface area contributed by atoms with E-state index < -0.39 is 33.8 Å². The lowest BCUT2D eigenvalue weighted by Crippen LogP contribution is -2.41. The highest BCUT2D eigenvalue weighted by atomic mass is 32.2. The van der Waals surface area contributed by atoms with Gasteiger partial charge >= 0.3 is 11.9 Å². The van der Waals surface area contributed by atoms with Crippen LogP contribution >= 0.6 is 0 Å².